The van der Waals surface area contributed by atoms with Gasteiger partial charge in [0, 0.05) is 25.3 Å². The van der Waals surface area contributed by atoms with Crippen molar-refractivity contribution in [2.75, 3.05) is 31.6 Å². The first-order valence-electron chi connectivity index (χ1n) is 12.0. The Kier molecular flexibility index (Phi) is 7.72. The summed E-state index contributed by atoms with van der Waals surface area (Å²) in [6.45, 7) is 3.57. The molecule has 0 aromatic heterocycles. The van der Waals surface area contributed by atoms with E-state index in [9.17, 15) is 19.2 Å². The quantitative estimate of drug-likeness (QED) is 0.363. The van der Waals surface area contributed by atoms with Crippen LogP contribution in [0.5, 0.6) is 0 Å². The number of carbonyl (C=O) groups excluding carboxylic acids is 4. The number of anilines is 1. The minimum Gasteiger partial charge on any atom is -0.384 e. The molecule has 3 N–H and O–H groups in total. The Morgan fingerprint density at radius 3 is 2.55 bits per heavy atom. The molecule has 1 atom stereocenters. The van der Waals surface area contributed by atoms with E-state index in [-0.39, 0.29) is 18.7 Å². The van der Waals surface area contributed by atoms with Crippen molar-refractivity contribution >= 4 is 29.3 Å². The first-order chi connectivity index (χ1) is 16.1. The normalized spacial score (nSPS) is 21.3. The summed E-state index contributed by atoms with van der Waals surface area (Å²) in [4.78, 5) is 50.6. The van der Waals surface area contributed by atoms with E-state index < -0.39 is 23.8 Å². The zero-order valence-corrected chi connectivity index (χ0v) is 18.9. The molecule has 2 fully saturated rings. The second-order valence-electron chi connectivity index (χ2n) is 8.84. The lowest BCUT2D eigenvalue weighted by molar-refractivity contribution is -0.136. The smallest absolute Gasteiger partial charge is 0.264 e. The van der Waals surface area contributed by atoms with Crippen LogP contribution in [0, 0.1) is 0 Å². The van der Waals surface area contributed by atoms with Crippen LogP contribution in [0.2, 0.25) is 0 Å². The highest BCUT2D eigenvalue weighted by Crippen LogP contribution is 2.32. The van der Waals surface area contributed by atoms with Crippen LogP contribution in [0.4, 0.5) is 5.69 Å². The van der Waals surface area contributed by atoms with E-state index in [4.69, 9.17) is 4.74 Å². The van der Waals surface area contributed by atoms with Crippen LogP contribution < -0.4 is 16.0 Å². The Hall–Kier alpha value is -2.78. The summed E-state index contributed by atoms with van der Waals surface area (Å²) in [6.07, 6.45) is 6.95. The van der Waals surface area contributed by atoms with Gasteiger partial charge in [-0.25, -0.2) is 0 Å². The number of hydrogen-bond donors (Lipinski definition) is 3. The van der Waals surface area contributed by atoms with Crippen molar-refractivity contribution in [2.45, 2.75) is 63.5 Å². The monoisotopic (exact) mass is 456 g/mol. The predicted molar refractivity (Wildman–Crippen MR) is 122 cm³/mol. The van der Waals surface area contributed by atoms with E-state index in [1.54, 1.807) is 18.2 Å². The molecule has 9 nitrogen and oxygen atoms in total. The molecule has 0 bridgehead atoms. The van der Waals surface area contributed by atoms with Gasteiger partial charge < -0.3 is 15.4 Å². The van der Waals surface area contributed by atoms with Crippen LogP contribution >= 0.6 is 0 Å². The first kappa shape index (κ1) is 23.4. The summed E-state index contributed by atoms with van der Waals surface area (Å²) in [5.74, 6) is -1.95. The van der Waals surface area contributed by atoms with Gasteiger partial charge in [0.15, 0.2) is 0 Å². The molecule has 0 spiro atoms. The number of carbonyl (C=O) groups is 4. The summed E-state index contributed by atoms with van der Waals surface area (Å²) < 4.78 is 5.93. The van der Waals surface area contributed by atoms with Crippen molar-refractivity contribution in [3.8, 4) is 0 Å². The third-order valence-corrected chi connectivity index (χ3v) is 6.49. The van der Waals surface area contributed by atoms with Gasteiger partial charge in [-0.3, -0.25) is 29.4 Å². The maximum absolute atomic E-state index is 13.1. The molecular weight excluding hydrogens is 424 g/mol. The number of piperidine rings is 2. The fourth-order valence-electron chi connectivity index (χ4n) is 4.68. The van der Waals surface area contributed by atoms with Crippen molar-refractivity contribution in [2.24, 2.45) is 0 Å². The van der Waals surface area contributed by atoms with Crippen LogP contribution in [-0.2, 0) is 14.3 Å². The lowest BCUT2D eigenvalue weighted by Crippen LogP contribution is -2.54. The second kappa shape index (κ2) is 10.9. The number of imide groups is 2. The molecule has 9 heteroatoms. The van der Waals surface area contributed by atoms with E-state index in [0.717, 1.165) is 63.1 Å². The number of nitrogens with zero attached hydrogens (tertiary/aromatic N) is 1. The highest BCUT2D eigenvalue weighted by Gasteiger charge is 2.45. The van der Waals surface area contributed by atoms with Crippen LogP contribution in [0.3, 0.4) is 0 Å². The number of benzene rings is 1. The minimum atomic E-state index is -0.949. The second-order valence-corrected chi connectivity index (χ2v) is 8.84. The third kappa shape index (κ3) is 5.42. The van der Waals surface area contributed by atoms with Crippen molar-refractivity contribution < 1.29 is 23.9 Å². The molecule has 0 saturated carbocycles. The van der Waals surface area contributed by atoms with E-state index in [0.29, 0.717) is 29.5 Å². The number of ether oxygens (including phenoxy) is 1. The molecule has 33 heavy (non-hydrogen) atoms. The summed E-state index contributed by atoms with van der Waals surface area (Å²) in [5, 5.41) is 8.84. The lowest BCUT2D eigenvalue weighted by Gasteiger charge is -2.27. The summed E-state index contributed by atoms with van der Waals surface area (Å²) in [6, 6.07) is 4.17. The van der Waals surface area contributed by atoms with Gasteiger partial charge in [-0.05, 0) is 57.3 Å². The molecule has 1 aromatic carbocycles. The van der Waals surface area contributed by atoms with Crippen LogP contribution in [-0.4, -0.2) is 66.9 Å². The number of fused-ring (bicyclic) bond motifs is 1. The molecule has 4 amide bonds. The Labute approximate surface area is 193 Å². The van der Waals surface area contributed by atoms with Gasteiger partial charge in [-0.15, -0.1) is 0 Å². The average molecular weight is 457 g/mol. The van der Waals surface area contributed by atoms with Crippen LogP contribution in [0.25, 0.3) is 0 Å². The van der Waals surface area contributed by atoms with Crippen molar-refractivity contribution in [3.63, 3.8) is 0 Å². The zero-order valence-electron chi connectivity index (χ0n) is 18.9. The van der Waals surface area contributed by atoms with Crippen molar-refractivity contribution in [1.29, 1.82) is 0 Å². The molecule has 4 rings (SSSR count). The Morgan fingerprint density at radius 1 is 0.970 bits per heavy atom. The molecule has 0 radical (unpaired) electrons. The van der Waals surface area contributed by atoms with Gasteiger partial charge in [0.1, 0.15) is 6.04 Å². The zero-order chi connectivity index (χ0) is 23.2. The van der Waals surface area contributed by atoms with Gasteiger partial charge in [0.25, 0.3) is 11.8 Å². The number of amides is 4. The molecule has 0 aliphatic carbocycles. The van der Waals surface area contributed by atoms with Gasteiger partial charge >= 0.3 is 0 Å². The molecule has 1 aromatic rings. The Bertz CT molecular complexity index is 912. The predicted octanol–water partition coefficient (Wildman–Crippen LogP) is 1.83. The fraction of sp³-hybridized carbons (Fsp3) is 0.583. The van der Waals surface area contributed by atoms with Gasteiger partial charge in [-0.1, -0.05) is 18.9 Å². The first-order valence-corrected chi connectivity index (χ1v) is 12.0. The molecule has 3 aliphatic heterocycles. The minimum absolute atomic E-state index is 0.109. The standard InChI is InChI=1S/C24H32N4O5/c29-20-9-8-19(22(30)27-20)28-23(31)17-6-5-7-18(21(17)24(28)32)26-12-3-1-2-4-15-33-16-10-13-25-14-11-16/h5-7,16,19,25-26H,1-4,8-15H2,(H,27,29,30). The van der Waals surface area contributed by atoms with Gasteiger partial charge in [0.2, 0.25) is 11.8 Å². The molecular formula is C24H32N4O5. The molecule has 2 saturated heterocycles. The topological polar surface area (TPSA) is 117 Å². The highest BCUT2D eigenvalue weighted by atomic mass is 16.5. The van der Waals surface area contributed by atoms with E-state index >= 15 is 0 Å². The van der Waals surface area contributed by atoms with E-state index in [1.807, 2.05) is 0 Å². The maximum atomic E-state index is 13.1. The lowest BCUT2D eigenvalue weighted by atomic mass is 10.0. The van der Waals surface area contributed by atoms with Gasteiger partial charge in [0.05, 0.1) is 17.2 Å². The van der Waals surface area contributed by atoms with Crippen LogP contribution in [0.15, 0.2) is 18.2 Å². The number of nitrogens with one attached hydrogen (secondary N) is 3. The average Bonchev–Trinajstić information content (AvgIpc) is 3.07. The molecule has 3 heterocycles. The largest absolute Gasteiger partial charge is 0.384 e. The van der Waals surface area contributed by atoms with Crippen molar-refractivity contribution in [3.05, 3.63) is 29.3 Å². The molecule has 1 unspecified atom stereocenters. The SMILES string of the molecule is O=C1CCC(N2C(=O)c3cccc(NCCCCCCOC4CCNCC4)c3C2=O)C(=O)N1. The molecule has 178 valence electrons. The number of hydrogen-bond acceptors (Lipinski definition) is 7. The summed E-state index contributed by atoms with van der Waals surface area (Å²) in [7, 11) is 0. The summed E-state index contributed by atoms with van der Waals surface area (Å²) >= 11 is 0. The molecule has 3 aliphatic rings. The number of unbranched alkanes of at least 4 members (excludes halogenated alkanes) is 3. The van der Waals surface area contributed by atoms with E-state index in [2.05, 4.69) is 16.0 Å². The van der Waals surface area contributed by atoms with Crippen LogP contribution in [0.1, 0.15) is 72.1 Å². The Balaban J connectivity index is 1.24. The van der Waals surface area contributed by atoms with E-state index in [1.165, 1.54) is 0 Å². The Morgan fingerprint density at radius 2 is 1.76 bits per heavy atom. The third-order valence-electron chi connectivity index (χ3n) is 6.49. The number of rotatable bonds is 10. The van der Waals surface area contributed by atoms with Gasteiger partial charge in [-0.2, -0.15) is 0 Å². The fourth-order valence-corrected chi connectivity index (χ4v) is 4.68. The van der Waals surface area contributed by atoms with Crippen molar-refractivity contribution in [1.82, 2.24) is 15.5 Å². The highest BCUT2D eigenvalue weighted by molar-refractivity contribution is 6.25. The maximum Gasteiger partial charge on any atom is 0.264 e. The summed E-state index contributed by atoms with van der Waals surface area (Å²) in [5.41, 5.74) is 1.21.